The molecule has 0 radical (unpaired) electrons. The number of nitrogens with zero attached hydrogens (tertiary/aromatic N) is 4. The molecule has 0 aliphatic heterocycles. The van der Waals surface area contributed by atoms with E-state index in [4.69, 9.17) is 20.8 Å². The topological polar surface area (TPSA) is 72.3 Å². The summed E-state index contributed by atoms with van der Waals surface area (Å²) in [4.78, 5) is 0. The van der Waals surface area contributed by atoms with Crippen LogP contribution in [0.2, 0.25) is 0 Å². The Morgan fingerprint density at radius 1 is 0.536 bits per heavy atom. The van der Waals surface area contributed by atoms with Crippen LogP contribution in [0.5, 0.6) is 0 Å². The summed E-state index contributed by atoms with van der Waals surface area (Å²) in [5.74, 6) is 0. The summed E-state index contributed by atoms with van der Waals surface area (Å²) in [7, 11) is 0. The van der Waals surface area contributed by atoms with Crippen LogP contribution in [0.25, 0.3) is 0 Å². The molecule has 2 fully saturated rings. The van der Waals surface area contributed by atoms with Crippen molar-refractivity contribution in [2.24, 2.45) is 10.2 Å². The highest BCUT2D eigenvalue weighted by Gasteiger charge is 2.35. The molecule has 2 saturated carbocycles. The predicted octanol–water partition coefficient (Wildman–Crippen LogP) is 7.79. The first-order valence-corrected chi connectivity index (χ1v) is 11.9. The SMILES string of the molecule is N#CCCCCCC1(N=NC2(CCCCCC#N)CCCCC2)CCCCC1. The van der Waals surface area contributed by atoms with E-state index in [2.05, 4.69) is 12.1 Å². The highest BCUT2D eigenvalue weighted by atomic mass is 15.2. The van der Waals surface area contributed by atoms with Crippen molar-refractivity contribution in [3.05, 3.63) is 0 Å². The van der Waals surface area contributed by atoms with Gasteiger partial charge in [-0.15, -0.1) is 0 Å². The van der Waals surface area contributed by atoms with Crippen LogP contribution < -0.4 is 0 Å². The van der Waals surface area contributed by atoms with Gasteiger partial charge in [-0.25, -0.2) is 0 Å². The minimum absolute atomic E-state index is 0.0795. The summed E-state index contributed by atoms with van der Waals surface area (Å²) in [5, 5.41) is 27.8. The van der Waals surface area contributed by atoms with E-state index in [1.165, 1.54) is 77.0 Å². The van der Waals surface area contributed by atoms with Crippen LogP contribution >= 0.6 is 0 Å². The Hall–Kier alpha value is -1.42. The van der Waals surface area contributed by atoms with E-state index in [0.29, 0.717) is 12.8 Å². The Balaban J connectivity index is 1.96. The molecular weight excluding hydrogens is 344 g/mol. The number of unbranched alkanes of at least 4 members (excludes halogenated alkanes) is 6. The Bertz CT molecular complexity index is 480. The lowest BCUT2D eigenvalue weighted by molar-refractivity contribution is 0.216. The maximum atomic E-state index is 8.74. The lowest BCUT2D eigenvalue weighted by Gasteiger charge is -2.37. The highest BCUT2D eigenvalue weighted by Crippen LogP contribution is 2.41. The smallest absolute Gasteiger partial charge is 0.0816 e. The van der Waals surface area contributed by atoms with Crippen molar-refractivity contribution >= 4 is 0 Å². The molecule has 0 spiro atoms. The second-order valence-electron chi connectivity index (χ2n) is 9.21. The summed E-state index contributed by atoms with van der Waals surface area (Å²) in [6, 6.07) is 4.52. The third-order valence-electron chi connectivity index (χ3n) is 6.90. The number of hydrogen-bond donors (Lipinski definition) is 0. The van der Waals surface area contributed by atoms with Gasteiger partial charge in [0.25, 0.3) is 0 Å². The van der Waals surface area contributed by atoms with Crippen molar-refractivity contribution in [1.82, 2.24) is 0 Å². The molecule has 0 N–H and O–H groups in total. The largest absolute Gasteiger partial charge is 0.198 e. The molecule has 2 aliphatic rings. The lowest BCUT2D eigenvalue weighted by atomic mass is 9.77. The fraction of sp³-hybridized carbons (Fsp3) is 0.917. The Kier molecular flexibility index (Phi) is 10.6. The molecule has 0 unspecified atom stereocenters. The molecule has 0 aromatic carbocycles. The standard InChI is InChI=1S/C24H40N4/c25-21-13-3-1-7-15-23(17-9-5-10-18-23)27-28-24(19-11-6-12-20-24)16-8-2-4-14-22-26/h1-20H2. The summed E-state index contributed by atoms with van der Waals surface area (Å²) >= 11 is 0. The van der Waals surface area contributed by atoms with Gasteiger partial charge in [0.1, 0.15) is 0 Å². The van der Waals surface area contributed by atoms with Crippen molar-refractivity contribution in [3.8, 4) is 12.1 Å². The second kappa shape index (κ2) is 12.9. The van der Waals surface area contributed by atoms with Gasteiger partial charge in [0.2, 0.25) is 0 Å². The fourth-order valence-corrected chi connectivity index (χ4v) is 5.10. The van der Waals surface area contributed by atoms with Crippen LogP contribution in [0.1, 0.15) is 128 Å². The number of nitriles is 2. The first-order chi connectivity index (χ1) is 13.7. The second-order valence-corrected chi connectivity index (χ2v) is 9.21. The highest BCUT2D eigenvalue weighted by molar-refractivity contribution is 4.94. The molecule has 0 atom stereocenters. The third kappa shape index (κ3) is 7.90. The van der Waals surface area contributed by atoms with Gasteiger partial charge >= 0.3 is 0 Å². The van der Waals surface area contributed by atoms with E-state index >= 15 is 0 Å². The van der Waals surface area contributed by atoms with E-state index in [1.54, 1.807) is 0 Å². The first-order valence-electron chi connectivity index (χ1n) is 11.9. The van der Waals surface area contributed by atoms with Crippen molar-refractivity contribution in [2.75, 3.05) is 0 Å². The van der Waals surface area contributed by atoms with Crippen LogP contribution in [-0.4, -0.2) is 11.1 Å². The van der Waals surface area contributed by atoms with Gasteiger partial charge in [-0.3, -0.25) is 0 Å². The van der Waals surface area contributed by atoms with Gasteiger partial charge in [0.05, 0.1) is 23.2 Å². The molecule has 0 amide bonds. The molecule has 0 heterocycles. The normalized spacial score (nSPS) is 21.2. The third-order valence-corrected chi connectivity index (χ3v) is 6.90. The van der Waals surface area contributed by atoms with Gasteiger partial charge in [-0.2, -0.15) is 20.8 Å². The molecule has 2 aliphatic carbocycles. The van der Waals surface area contributed by atoms with Crippen LogP contribution in [0, 0.1) is 22.7 Å². The van der Waals surface area contributed by atoms with Crippen LogP contribution in [-0.2, 0) is 0 Å². The fourth-order valence-electron chi connectivity index (χ4n) is 5.10. The molecule has 0 bridgehead atoms. The summed E-state index contributed by atoms with van der Waals surface area (Å²) in [6.07, 6.45) is 23.0. The van der Waals surface area contributed by atoms with Crippen LogP contribution in [0.15, 0.2) is 10.2 Å². The quantitative estimate of drug-likeness (QED) is 0.254. The predicted molar refractivity (Wildman–Crippen MR) is 114 cm³/mol. The Morgan fingerprint density at radius 2 is 0.929 bits per heavy atom. The lowest BCUT2D eigenvalue weighted by Crippen LogP contribution is -2.33. The molecule has 0 aromatic rings. The number of azo groups is 1. The average molecular weight is 385 g/mol. The first kappa shape index (κ1) is 22.9. The van der Waals surface area contributed by atoms with Crippen molar-refractivity contribution < 1.29 is 0 Å². The molecule has 4 nitrogen and oxygen atoms in total. The van der Waals surface area contributed by atoms with Gasteiger partial charge < -0.3 is 0 Å². The monoisotopic (exact) mass is 384 g/mol. The number of hydrogen-bond acceptors (Lipinski definition) is 4. The molecule has 0 saturated heterocycles. The van der Waals surface area contributed by atoms with Gasteiger partial charge in [0, 0.05) is 12.8 Å². The van der Waals surface area contributed by atoms with Crippen LogP contribution in [0.4, 0.5) is 0 Å². The zero-order chi connectivity index (χ0) is 20.0. The summed E-state index contributed by atoms with van der Waals surface area (Å²) in [6.45, 7) is 0. The van der Waals surface area contributed by atoms with E-state index in [0.717, 1.165) is 38.5 Å². The van der Waals surface area contributed by atoms with Crippen molar-refractivity contribution in [3.63, 3.8) is 0 Å². The van der Waals surface area contributed by atoms with Crippen molar-refractivity contribution in [1.29, 1.82) is 10.5 Å². The summed E-state index contributed by atoms with van der Waals surface area (Å²) in [5.41, 5.74) is 0.159. The van der Waals surface area contributed by atoms with E-state index < -0.39 is 0 Å². The van der Waals surface area contributed by atoms with Crippen molar-refractivity contribution in [2.45, 2.75) is 139 Å². The summed E-state index contributed by atoms with van der Waals surface area (Å²) < 4.78 is 0. The minimum Gasteiger partial charge on any atom is -0.198 e. The Labute approximate surface area is 172 Å². The van der Waals surface area contributed by atoms with E-state index in [9.17, 15) is 0 Å². The minimum atomic E-state index is 0.0795. The molecule has 4 heteroatoms. The molecule has 2 rings (SSSR count). The maximum Gasteiger partial charge on any atom is 0.0816 e. The van der Waals surface area contributed by atoms with Gasteiger partial charge in [-0.05, 0) is 51.4 Å². The zero-order valence-corrected chi connectivity index (χ0v) is 17.9. The molecule has 156 valence electrons. The van der Waals surface area contributed by atoms with E-state index in [1.807, 2.05) is 0 Å². The Morgan fingerprint density at radius 3 is 1.29 bits per heavy atom. The van der Waals surface area contributed by atoms with E-state index in [-0.39, 0.29) is 11.1 Å². The number of rotatable bonds is 12. The zero-order valence-electron chi connectivity index (χ0n) is 17.9. The molecular formula is C24H40N4. The van der Waals surface area contributed by atoms with Crippen LogP contribution in [0.3, 0.4) is 0 Å². The maximum absolute atomic E-state index is 8.74. The molecule has 28 heavy (non-hydrogen) atoms. The molecule has 0 aromatic heterocycles. The average Bonchev–Trinajstić information content (AvgIpc) is 2.74. The van der Waals surface area contributed by atoms with Gasteiger partial charge in [-0.1, -0.05) is 64.2 Å². The van der Waals surface area contributed by atoms with Gasteiger partial charge in [0.15, 0.2) is 0 Å².